The van der Waals surface area contributed by atoms with Crippen molar-refractivity contribution >= 4 is 5.94 Å². The highest BCUT2D eigenvalue weighted by Crippen LogP contribution is 2.40. The number of hydrogen-bond acceptors (Lipinski definition) is 7. The van der Waals surface area contributed by atoms with E-state index in [2.05, 4.69) is 11.4 Å². The number of fused-ring (bicyclic) bond motifs is 1. The number of nitriles is 1. The summed E-state index contributed by atoms with van der Waals surface area (Å²) in [5.74, 6) is 2.81. The lowest BCUT2D eigenvalue weighted by Gasteiger charge is -2.42. The number of hydrogen-bond donors (Lipinski definition) is 2. The zero-order valence-electron chi connectivity index (χ0n) is 16.4. The SMILES string of the molecule is CCCO/C(=C/N[C@H]1c2cc(C#N)ccc2OC(C)(C)[C@@H]1O)COCC=C=O. The summed E-state index contributed by atoms with van der Waals surface area (Å²) >= 11 is 0. The van der Waals surface area contributed by atoms with Crippen molar-refractivity contribution in [2.24, 2.45) is 0 Å². The first kappa shape index (κ1) is 21.5. The van der Waals surface area contributed by atoms with Crippen LogP contribution in [0, 0.1) is 11.3 Å². The van der Waals surface area contributed by atoms with Crippen molar-refractivity contribution in [2.75, 3.05) is 19.8 Å². The molecule has 1 aliphatic heterocycles. The molecular weight excluding hydrogens is 360 g/mol. The molecule has 2 N–H and O–H groups in total. The molecule has 0 amide bonds. The van der Waals surface area contributed by atoms with Crippen LogP contribution in [0.15, 0.2) is 36.2 Å². The fourth-order valence-electron chi connectivity index (χ4n) is 2.84. The van der Waals surface area contributed by atoms with Crippen LogP contribution >= 0.6 is 0 Å². The number of ether oxygens (including phenoxy) is 3. The summed E-state index contributed by atoms with van der Waals surface area (Å²) in [7, 11) is 0. The molecule has 1 aliphatic rings. The smallest absolute Gasteiger partial charge is 0.137 e. The molecule has 0 fully saturated rings. The van der Waals surface area contributed by atoms with E-state index >= 15 is 0 Å². The van der Waals surface area contributed by atoms with Crippen LogP contribution in [0.25, 0.3) is 0 Å². The predicted octanol–water partition coefficient (Wildman–Crippen LogP) is 2.39. The molecule has 0 saturated heterocycles. The molecule has 0 radical (unpaired) electrons. The van der Waals surface area contributed by atoms with Gasteiger partial charge in [-0.05, 0) is 38.5 Å². The number of carbonyl (C=O) groups excluding carboxylic acids is 1. The second-order valence-corrected chi connectivity index (χ2v) is 6.96. The number of nitrogens with zero attached hydrogens (tertiary/aromatic N) is 1. The Balaban J connectivity index is 2.26. The molecule has 2 atom stereocenters. The number of nitrogens with one attached hydrogen (secondary N) is 1. The highest BCUT2D eigenvalue weighted by molar-refractivity contribution is 5.46. The molecular formula is C21H26N2O5. The lowest BCUT2D eigenvalue weighted by atomic mass is 9.86. The molecule has 28 heavy (non-hydrogen) atoms. The minimum absolute atomic E-state index is 0.137. The zero-order valence-corrected chi connectivity index (χ0v) is 16.4. The van der Waals surface area contributed by atoms with Crippen molar-refractivity contribution in [2.45, 2.75) is 44.9 Å². The third-order valence-corrected chi connectivity index (χ3v) is 4.32. The topological polar surface area (TPSA) is 101 Å². The monoisotopic (exact) mass is 386 g/mol. The normalized spacial score (nSPS) is 20.2. The summed E-state index contributed by atoms with van der Waals surface area (Å²) in [5, 5.41) is 23.2. The second kappa shape index (κ2) is 9.95. The van der Waals surface area contributed by atoms with Crippen molar-refractivity contribution in [3.05, 3.63) is 47.4 Å². The summed E-state index contributed by atoms with van der Waals surface area (Å²) in [5.41, 5.74) is 0.362. The van der Waals surface area contributed by atoms with Gasteiger partial charge in [-0.2, -0.15) is 5.26 Å². The third-order valence-electron chi connectivity index (χ3n) is 4.32. The Morgan fingerprint density at radius 1 is 1.46 bits per heavy atom. The van der Waals surface area contributed by atoms with E-state index in [4.69, 9.17) is 14.2 Å². The van der Waals surface area contributed by atoms with Crippen molar-refractivity contribution in [1.82, 2.24) is 5.32 Å². The summed E-state index contributed by atoms with van der Waals surface area (Å²) in [6.45, 7) is 6.42. The largest absolute Gasteiger partial charge is 0.494 e. The molecule has 1 heterocycles. The van der Waals surface area contributed by atoms with Crippen molar-refractivity contribution < 1.29 is 24.1 Å². The molecule has 150 valence electrons. The highest BCUT2D eigenvalue weighted by Gasteiger charge is 2.42. The van der Waals surface area contributed by atoms with Crippen LogP contribution in [0.2, 0.25) is 0 Å². The van der Waals surface area contributed by atoms with Crippen molar-refractivity contribution in [3.63, 3.8) is 0 Å². The molecule has 1 aromatic rings. The second-order valence-electron chi connectivity index (χ2n) is 6.96. The average Bonchev–Trinajstić information content (AvgIpc) is 2.68. The summed E-state index contributed by atoms with van der Waals surface area (Å²) < 4.78 is 17.0. The van der Waals surface area contributed by atoms with E-state index in [0.29, 0.717) is 29.2 Å². The number of benzene rings is 1. The zero-order chi connectivity index (χ0) is 20.6. The van der Waals surface area contributed by atoms with E-state index in [1.165, 1.54) is 6.08 Å². The maximum Gasteiger partial charge on any atom is 0.137 e. The highest BCUT2D eigenvalue weighted by atomic mass is 16.5. The van der Waals surface area contributed by atoms with E-state index < -0.39 is 17.7 Å². The Bertz CT molecular complexity index is 790. The standard InChI is InChI=1S/C21H26N2O5/c1-4-9-27-16(14-26-10-5-8-24)13-23-19-17-11-15(12-22)6-7-18(17)28-21(2,3)20(19)25/h5-7,11,13,19-20,23,25H,4,9-10,14H2,1-3H3/b16-13+/t19-,20+/m0/s1. The van der Waals surface area contributed by atoms with Gasteiger partial charge < -0.3 is 24.6 Å². The van der Waals surface area contributed by atoms with Gasteiger partial charge in [-0.3, -0.25) is 0 Å². The van der Waals surface area contributed by atoms with Crippen LogP contribution in [-0.4, -0.2) is 42.6 Å². The minimum atomic E-state index is -0.864. The molecule has 7 nitrogen and oxygen atoms in total. The number of aliphatic hydroxyl groups is 1. The van der Waals surface area contributed by atoms with E-state index in [-0.39, 0.29) is 13.2 Å². The van der Waals surface area contributed by atoms with E-state index in [1.807, 2.05) is 6.92 Å². The molecule has 0 unspecified atom stereocenters. The fourth-order valence-corrected chi connectivity index (χ4v) is 2.84. The lowest BCUT2D eigenvalue weighted by Crippen LogP contribution is -2.51. The molecule has 7 heteroatoms. The maximum atomic E-state index is 10.8. The summed E-state index contributed by atoms with van der Waals surface area (Å²) in [6.07, 6.45) is 2.86. The van der Waals surface area contributed by atoms with Crippen LogP contribution in [0.3, 0.4) is 0 Å². The van der Waals surface area contributed by atoms with E-state index in [0.717, 1.165) is 6.42 Å². The molecule has 0 aliphatic carbocycles. The molecule has 0 aromatic heterocycles. The summed E-state index contributed by atoms with van der Waals surface area (Å²) in [4.78, 5) is 10.2. The molecule has 0 spiro atoms. The van der Waals surface area contributed by atoms with Gasteiger partial charge in [-0.25, -0.2) is 4.79 Å². The summed E-state index contributed by atoms with van der Waals surface area (Å²) in [6, 6.07) is 6.74. The fraction of sp³-hybridized carbons (Fsp3) is 0.476. The molecule has 2 rings (SSSR count). The first-order chi connectivity index (χ1) is 13.4. The van der Waals surface area contributed by atoms with Gasteiger partial charge in [0.1, 0.15) is 35.8 Å². The van der Waals surface area contributed by atoms with Crippen LogP contribution in [0.4, 0.5) is 0 Å². The average molecular weight is 386 g/mol. The van der Waals surface area contributed by atoms with Crippen LogP contribution in [-0.2, 0) is 14.3 Å². The maximum absolute atomic E-state index is 10.8. The van der Waals surface area contributed by atoms with E-state index in [1.54, 1.807) is 44.2 Å². The Labute approximate surface area is 165 Å². The Hall–Kier alpha value is -2.78. The van der Waals surface area contributed by atoms with Gasteiger partial charge in [-0.15, -0.1) is 0 Å². The van der Waals surface area contributed by atoms with Crippen LogP contribution < -0.4 is 10.1 Å². The van der Waals surface area contributed by atoms with Gasteiger partial charge in [0.15, 0.2) is 0 Å². The quantitative estimate of drug-likeness (QED) is 0.382. The minimum Gasteiger partial charge on any atom is -0.494 e. The van der Waals surface area contributed by atoms with Gasteiger partial charge in [0, 0.05) is 17.8 Å². The Morgan fingerprint density at radius 3 is 2.93 bits per heavy atom. The molecule has 1 aromatic carbocycles. The van der Waals surface area contributed by atoms with Crippen molar-refractivity contribution in [1.29, 1.82) is 5.26 Å². The lowest BCUT2D eigenvalue weighted by molar-refractivity contribution is -0.0623. The predicted molar refractivity (Wildman–Crippen MR) is 103 cm³/mol. The third kappa shape index (κ3) is 5.37. The van der Waals surface area contributed by atoms with E-state index in [9.17, 15) is 15.2 Å². The Kier molecular flexibility index (Phi) is 7.65. The van der Waals surface area contributed by atoms with Gasteiger partial charge in [-0.1, -0.05) is 6.92 Å². The van der Waals surface area contributed by atoms with Gasteiger partial charge in [0.05, 0.1) is 30.9 Å². The van der Waals surface area contributed by atoms with Gasteiger partial charge in [0.25, 0.3) is 0 Å². The first-order valence-corrected chi connectivity index (χ1v) is 9.19. The number of aliphatic hydroxyl groups excluding tert-OH is 1. The van der Waals surface area contributed by atoms with Crippen LogP contribution in [0.1, 0.15) is 44.4 Å². The van der Waals surface area contributed by atoms with Gasteiger partial charge in [0.2, 0.25) is 0 Å². The van der Waals surface area contributed by atoms with Crippen molar-refractivity contribution in [3.8, 4) is 11.8 Å². The number of rotatable bonds is 9. The first-order valence-electron chi connectivity index (χ1n) is 9.19. The Morgan fingerprint density at radius 2 is 2.25 bits per heavy atom. The van der Waals surface area contributed by atoms with Crippen LogP contribution in [0.5, 0.6) is 5.75 Å². The van der Waals surface area contributed by atoms with Gasteiger partial charge >= 0.3 is 0 Å². The molecule has 0 saturated carbocycles. The molecule has 0 bridgehead atoms.